The van der Waals surface area contributed by atoms with Gasteiger partial charge in [0.15, 0.2) is 0 Å². The fraction of sp³-hybridized carbons (Fsp3) is 0.786. The highest BCUT2D eigenvalue weighted by Crippen LogP contribution is 2.01. The molecule has 5 N–H and O–H groups in total. The van der Waals surface area contributed by atoms with Crippen LogP contribution in [0.2, 0.25) is 0 Å². The molecule has 1 atom stereocenters. The van der Waals surface area contributed by atoms with Crippen LogP contribution in [-0.4, -0.2) is 85.3 Å². The van der Waals surface area contributed by atoms with Crippen molar-refractivity contribution in [2.24, 2.45) is 0 Å². The van der Waals surface area contributed by atoms with Crippen LogP contribution in [0.4, 0.5) is 0 Å². The summed E-state index contributed by atoms with van der Waals surface area (Å²) in [5.74, 6) is -2.02. The molecule has 24 heavy (non-hydrogen) atoms. The first-order valence-electron chi connectivity index (χ1n) is 7.67. The molecule has 0 aliphatic carbocycles. The normalized spacial score (nSPS) is 11.8. The first-order chi connectivity index (χ1) is 11.5. The van der Waals surface area contributed by atoms with E-state index in [0.29, 0.717) is 19.4 Å². The zero-order valence-electron chi connectivity index (χ0n) is 13.5. The molecule has 0 saturated carbocycles. The van der Waals surface area contributed by atoms with Crippen LogP contribution >= 0.6 is 0 Å². The smallest absolute Gasteiger partial charge is 0.326 e. The number of ether oxygens (including phenoxy) is 2. The molecule has 10 heteroatoms. The van der Waals surface area contributed by atoms with Gasteiger partial charge in [0, 0.05) is 6.54 Å². The van der Waals surface area contributed by atoms with Crippen LogP contribution in [-0.2, 0) is 23.9 Å². The Labute approximate surface area is 140 Å². The maximum absolute atomic E-state index is 11.5. The zero-order valence-corrected chi connectivity index (χ0v) is 13.5. The summed E-state index contributed by atoms with van der Waals surface area (Å²) in [6.45, 7) is -0.354. The van der Waals surface area contributed by atoms with E-state index in [1.54, 1.807) is 0 Å². The van der Waals surface area contributed by atoms with E-state index in [4.69, 9.17) is 24.8 Å². The number of hydrogen-bond acceptors (Lipinski definition) is 7. The first-order valence-corrected chi connectivity index (χ1v) is 7.67. The van der Waals surface area contributed by atoms with E-state index < -0.39 is 17.9 Å². The summed E-state index contributed by atoms with van der Waals surface area (Å²) in [7, 11) is 0. The van der Waals surface area contributed by atoms with Crippen molar-refractivity contribution in [2.45, 2.75) is 25.3 Å². The minimum atomic E-state index is -1.15. The average Bonchev–Trinajstić information content (AvgIpc) is 2.53. The van der Waals surface area contributed by atoms with Crippen LogP contribution in [0, 0.1) is 0 Å². The van der Waals surface area contributed by atoms with Gasteiger partial charge in [0.2, 0.25) is 11.8 Å². The van der Waals surface area contributed by atoms with Gasteiger partial charge in [-0.05, 0) is 19.3 Å². The molecule has 0 fully saturated rings. The molecule has 0 unspecified atom stereocenters. The number of hydrogen-bond donors (Lipinski definition) is 5. The van der Waals surface area contributed by atoms with Crippen molar-refractivity contribution >= 4 is 17.8 Å². The number of aliphatic hydroxyl groups excluding tert-OH is 2. The molecule has 0 heterocycles. The number of amides is 2. The molecule has 10 nitrogen and oxygen atoms in total. The number of carboxylic acid groups (broad SMARTS) is 1. The van der Waals surface area contributed by atoms with Gasteiger partial charge >= 0.3 is 5.97 Å². The lowest BCUT2D eigenvalue weighted by Gasteiger charge is -2.14. The maximum Gasteiger partial charge on any atom is 0.326 e. The molecule has 0 aromatic heterocycles. The quantitative estimate of drug-likeness (QED) is 0.210. The van der Waals surface area contributed by atoms with E-state index in [2.05, 4.69) is 10.6 Å². The number of unbranched alkanes of at least 4 members (excludes halogenated alkanes) is 1. The van der Waals surface area contributed by atoms with E-state index in [9.17, 15) is 14.4 Å². The van der Waals surface area contributed by atoms with Gasteiger partial charge in [-0.1, -0.05) is 0 Å². The summed E-state index contributed by atoms with van der Waals surface area (Å²) >= 11 is 0. The molecule has 0 aromatic carbocycles. The third-order valence-corrected chi connectivity index (χ3v) is 2.81. The fourth-order valence-corrected chi connectivity index (χ4v) is 1.70. The van der Waals surface area contributed by atoms with Crippen LogP contribution in [0.25, 0.3) is 0 Å². The Balaban J connectivity index is 3.83. The third kappa shape index (κ3) is 12.8. The second-order valence-corrected chi connectivity index (χ2v) is 4.86. The molecule has 0 aliphatic heterocycles. The summed E-state index contributed by atoms with van der Waals surface area (Å²) in [5.41, 5.74) is 0. The van der Waals surface area contributed by atoms with E-state index in [1.807, 2.05) is 0 Å². The van der Waals surface area contributed by atoms with Crippen LogP contribution in [0.3, 0.4) is 0 Å². The molecule has 0 spiro atoms. The van der Waals surface area contributed by atoms with Crippen molar-refractivity contribution in [1.29, 1.82) is 0 Å². The number of nitrogens with one attached hydrogen (secondary N) is 2. The average molecular weight is 350 g/mol. The van der Waals surface area contributed by atoms with Crippen molar-refractivity contribution in [3.8, 4) is 0 Å². The number of aliphatic carboxylic acids is 1. The van der Waals surface area contributed by atoms with Crippen LogP contribution in [0.5, 0.6) is 0 Å². The number of carboxylic acids is 1. The molecule has 2 amide bonds. The predicted molar refractivity (Wildman–Crippen MR) is 82.2 cm³/mol. The number of aliphatic hydroxyl groups is 2. The summed E-state index contributed by atoms with van der Waals surface area (Å²) in [6.07, 6.45) is 1.26. The lowest BCUT2D eigenvalue weighted by molar-refractivity contribution is -0.142. The molecule has 0 aliphatic rings. The number of carbonyl (C=O) groups excluding carboxylic acids is 2. The summed E-state index contributed by atoms with van der Waals surface area (Å²) in [4.78, 5) is 33.8. The van der Waals surface area contributed by atoms with Gasteiger partial charge < -0.3 is 35.4 Å². The van der Waals surface area contributed by atoms with Crippen molar-refractivity contribution in [3.63, 3.8) is 0 Å². The lowest BCUT2D eigenvalue weighted by Crippen LogP contribution is -2.42. The second kappa shape index (κ2) is 14.8. The van der Waals surface area contributed by atoms with Crippen molar-refractivity contribution in [1.82, 2.24) is 10.6 Å². The Morgan fingerprint density at radius 3 is 2.04 bits per heavy atom. The molecule has 0 rings (SSSR count). The van der Waals surface area contributed by atoms with Crippen LogP contribution in [0.15, 0.2) is 0 Å². The molecule has 0 radical (unpaired) electrons. The summed E-state index contributed by atoms with van der Waals surface area (Å²) < 4.78 is 9.65. The first kappa shape index (κ1) is 22.2. The van der Waals surface area contributed by atoms with Crippen molar-refractivity contribution in [3.05, 3.63) is 0 Å². The Morgan fingerprint density at radius 1 is 0.917 bits per heavy atom. The Bertz CT molecular complexity index is 378. The molecule has 0 aromatic rings. The Kier molecular flexibility index (Phi) is 13.7. The van der Waals surface area contributed by atoms with Gasteiger partial charge in [-0.15, -0.1) is 0 Å². The minimum Gasteiger partial charge on any atom is -0.480 e. The van der Waals surface area contributed by atoms with Gasteiger partial charge in [-0.2, -0.15) is 0 Å². The van der Waals surface area contributed by atoms with E-state index in [-0.39, 0.29) is 52.0 Å². The zero-order chi connectivity index (χ0) is 18.2. The number of rotatable bonds is 15. The molecular weight excluding hydrogens is 324 g/mol. The second-order valence-electron chi connectivity index (χ2n) is 4.86. The molecule has 140 valence electrons. The summed E-state index contributed by atoms with van der Waals surface area (Å²) in [6, 6.07) is -1.03. The van der Waals surface area contributed by atoms with Gasteiger partial charge in [-0.25, -0.2) is 4.79 Å². The van der Waals surface area contributed by atoms with Crippen molar-refractivity contribution < 1.29 is 39.2 Å². The van der Waals surface area contributed by atoms with Crippen molar-refractivity contribution in [2.75, 3.05) is 46.2 Å². The van der Waals surface area contributed by atoms with E-state index in [1.165, 1.54) is 0 Å². The number of carbonyl (C=O) groups is 3. The predicted octanol–water partition coefficient (Wildman–Crippen LogP) is -2.14. The standard InChI is InChI=1S/C14H26N2O8/c17-5-7-23-9-12(19)15-4-2-1-3-11(14(21)22)16-13(20)10-24-8-6-18/h11,17-18H,1-10H2,(H,15,19)(H,16,20)(H,21,22)/t11-/m1/s1. The molecular formula is C14H26N2O8. The molecule has 0 saturated heterocycles. The van der Waals surface area contributed by atoms with E-state index >= 15 is 0 Å². The third-order valence-electron chi connectivity index (χ3n) is 2.81. The van der Waals surface area contributed by atoms with Gasteiger partial charge in [0.1, 0.15) is 19.3 Å². The highest BCUT2D eigenvalue weighted by molar-refractivity contribution is 5.84. The van der Waals surface area contributed by atoms with Crippen LogP contribution < -0.4 is 10.6 Å². The van der Waals surface area contributed by atoms with Gasteiger partial charge in [0.05, 0.1) is 26.4 Å². The Morgan fingerprint density at radius 2 is 1.50 bits per heavy atom. The topological polar surface area (TPSA) is 154 Å². The minimum absolute atomic E-state index is 0.00682. The Hall–Kier alpha value is -1.75. The highest BCUT2D eigenvalue weighted by Gasteiger charge is 2.19. The van der Waals surface area contributed by atoms with Crippen LogP contribution in [0.1, 0.15) is 19.3 Å². The highest BCUT2D eigenvalue weighted by atomic mass is 16.5. The SMILES string of the molecule is O=C(COCCO)NCCCC[C@@H](NC(=O)COCCO)C(=O)O. The largest absolute Gasteiger partial charge is 0.480 e. The molecule has 0 bridgehead atoms. The monoisotopic (exact) mass is 350 g/mol. The lowest BCUT2D eigenvalue weighted by atomic mass is 10.1. The maximum atomic E-state index is 11.5. The fourth-order valence-electron chi connectivity index (χ4n) is 1.70. The summed E-state index contributed by atoms with van der Waals surface area (Å²) in [5, 5.41) is 31.0. The van der Waals surface area contributed by atoms with E-state index in [0.717, 1.165) is 0 Å². The van der Waals surface area contributed by atoms with Gasteiger partial charge in [-0.3, -0.25) is 9.59 Å². The van der Waals surface area contributed by atoms with Gasteiger partial charge in [0.25, 0.3) is 0 Å².